The summed E-state index contributed by atoms with van der Waals surface area (Å²) in [5.74, 6) is 2.57. The molecule has 1 aliphatic heterocycles. The second-order valence-corrected chi connectivity index (χ2v) is 10.5. The highest BCUT2D eigenvalue weighted by atomic mass is 32.2. The highest BCUT2D eigenvalue weighted by molar-refractivity contribution is 7.99. The van der Waals surface area contributed by atoms with Crippen molar-refractivity contribution in [1.29, 1.82) is 0 Å². The average molecular weight is 441 g/mol. The Morgan fingerprint density at radius 1 is 1.13 bits per heavy atom. The summed E-state index contributed by atoms with van der Waals surface area (Å²) in [7, 11) is 0. The Morgan fingerprint density at radius 3 is 2.67 bits per heavy atom. The summed E-state index contributed by atoms with van der Waals surface area (Å²) in [6.07, 6.45) is 8.23. The molecule has 0 unspecified atom stereocenters. The largest absolute Gasteiger partial charge is 0.302 e. The predicted molar refractivity (Wildman–Crippen MR) is 122 cm³/mol. The molecule has 0 radical (unpaired) electrons. The number of likely N-dealkylation sites (tertiary alicyclic amines) is 1. The molecule has 1 saturated heterocycles. The molecule has 30 heavy (non-hydrogen) atoms. The van der Waals surface area contributed by atoms with Crippen LogP contribution in [-0.4, -0.2) is 42.7 Å². The van der Waals surface area contributed by atoms with Crippen molar-refractivity contribution >= 4 is 33.3 Å². The van der Waals surface area contributed by atoms with Crippen molar-refractivity contribution in [1.82, 2.24) is 29.6 Å². The minimum Gasteiger partial charge on any atom is -0.302 e. The quantitative estimate of drug-likeness (QED) is 0.376. The van der Waals surface area contributed by atoms with E-state index in [-0.39, 0.29) is 0 Å². The molecule has 8 heteroatoms. The van der Waals surface area contributed by atoms with Crippen LogP contribution in [0.1, 0.15) is 60.1 Å². The van der Waals surface area contributed by atoms with Crippen molar-refractivity contribution in [3.05, 3.63) is 34.7 Å². The first-order valence-corrected chi connectivity index (χ1v) is 12.5. The number of aryl methyl sites for hydroxylation is 2. The molecule has 2 fully saturated rings. The topological polar surface area (TPSA) is 59.7 Å². The van der Waals surface area contributed by atoms with Crippen molar-refractivity contribution in [3.63, 3.8) is 0 Å². The molecule has 3 aromatic heterocycles. The summed E-state index contributed by atoms with van der Waals surface area (Å²) < 4.78 is 2.21. The number of hydrogen-bond acceptors (Lipinski definition) is 7. The maximum atomic E-state index is 5.05. The van der Waals surface area contributed by atoms with Crippen molar-refractivity contribution in [2.24, 2.45) is 0 Å². The Bertz CT molecular complexity index is 1080. The molecule has 3 aromatic rings. The third-order valence-corrected chi connectivity index (χ3v) is 8.12. The average Bonchev–Trinajstić information content (AvgIpc) is 3.45. The fraction of sp³-hybridized carbons (Fsp3) is 0.545. The molecule has 0 aromatic carbocycles. The van der Waals surface area contributed by atoms with Crippen LogP contribution in [0.2, 0.25) is 0 Å². The summed E-state index contributed by atoms with van der Waals surface area (Å²) in [5.41, 5.74) is 1.28. The number of rotatable bonds is 7. The number of allylic oxidation sites excluding steroid dienone is 1. The number of thiophene rings is 1. The molecular weight excluding hydrogens is 412 g/mol. The zero-order valence-electron chi connectivity index (χ0n) is 17.7. The van der Waals surface area contributed by atoms with Gasteiger partial charge < -0.3 is 4.57 Å². The van der Waals surface area contributed by atoms with Gasteiger partial charge in [-0.05, 0) is 69.9 Å². The van der Waals surface area contributed by atoms with Crippen molar-refractivity contribution < 1.29 is 0 Å². The number of hydrogen-bond donors (Lipinski definition) is 0. The molecule has 1 saturated carbocycles. The van der Waals surface area contributed by atoms with Crippen LogP contribution in [0.5, 0.6) is 0 Å². The Hall–Kier alpha value is -1.77. The number of piperidine rings is 1. The van der Waals surface area contributed by atoms with Gasteiger partial charge in [-0.2, -0.15) is 0 Å². The van der Waals surface area contributed by atoms with Crippen LogP contribution < -0.4 is 0 Å². The van der Waals surface area contributed by atoms with E-state index in [0.717, 1.165) is 52.8 Å². The minimum atomic E-state index is 0.553. The van der Waals surface area contributed by atoms with Gasteiger partial charge >= 0.3 is 0 Å². The molecule has 4 heterocycles. The van der Waals surface area contributed by atoms with Crippen LogP contribution in [0.15, 0.2) is 22.8 Å². The maximum Gasteiger partial charge on any atom is 0.197 e. The van der Waals surface area contributed by atoms with E-state index in [1.165, 1.54) is 47.9 Å². The van der Waals surface area contributed by atoms with Gasteiger partial charge in [-0.3, -0.25) is 4.90 Å². The normalized spacial score (nSPS) is 17.7. The molecule has 2 aliphatic rings. The summed E-state index contributed by atoms with van der Waals surface area (Å²) >= 11 is 3.40. The molecule has 0 amide bonds. The van der Waals surface area contributed by atoms with Crippen molar-refractivity contribution in [2.45, 2.75) is 75.1 Å². The monoisotopic (exact) mass is 440 g/mol. The molecule has 0 spiro atoms. The van der Waals surface area contributed by atoms with E-state index >= 15 is 0 Å². The fourth-order valence-electron chi connectivity index (χ4n) is 4.12. The van der Waals surface area contributed by atoms with Gasteiger partial charge in [-0.1, -0.05) is 12.5 Å². The standard InChI is InChI=1S/C22H28N6S2/c1-4-10-28-19(16-8-9-16)25-26-22(28)30-21-18-14(2)15(3)29-20(18)23-17(24-21)13-27-11-6-5-7-12-27/h4,16H,1,5-13H2,2-3H3. The summed E-state index contributed by atoms with van der Waals surface area (Å²) in [5, 5.41) is 12.1. The van der Waals surface area contributed by atoms with Crippen LogP contribution in [0, 0.1) is 13.8 Å². The number of nitrogens with zero attached hydrogens (tertiary/aromatic N) is 6. The van der Waals surface area contributed by atoms with Gasteiger partial charge in [-0.15, -0.1) is 28.1 Å². The lowest BCUT2D eigenvalue weighted by Crippen LogP contribution is -2.29. The van der Waals surface area contributed by atoms with E-state index in [1.54, 1.807) is 23.1 Å². The summed E-state index contributed by atoms with van der Waals surface area (Å²) in [4.78, 5) is 14.9. The van der Waals surface area contributed by atoms with E-state index in [0.29, 0.717) is 5.92 Å². The van der Waals surface area contributed by atoms with Gasteiger partial charge in [0.15, 0.2) is 5.16 Å². The van der Waals surface area contributed by atoms with Crippen LogP contribution in [0.3, 0.4) is 0 Å². The molecule has 158 valence electrons. The lowest BCUT2D eigenvalue weighted by molar-refractivity contribution is 0.216. The van der Waals surface area contributed by atoms with E-state index < -0.39 is 0 Å². The van der Waals surface area contributed by atoms with Crippen LogP contribution in [-0.2, 0) is 13.1 Å². The molecular formula is C22H28N6S2. The predicted octanol–water partition coefficient (Wildman–Crippen LogP) is 5.10. The Balaban J connectivity index is 1.53. The van der Waals surface area contributed by atoms with Crippen molar-refractivity contribution in [2.75, 3.05) is 13.1 Å². The van der Waals surface area contributed by atoms with Crippen LogP contribution >= 0.6 is 23.1 Å². The van der Waals surface area contributed by atoms with E-state index in [9.17, 15) is 0 Å². The van der Waals surface area contributed by atoms with E-state index in [4.69, 9.17) is 9.97 Å². The molecule has 5 rings (SSSR count). The molecule has 0 bridgehead atoms. The van der Waals surface area contributed by atoms with Gasteiger partial charge in [0, 0.05) is 22.7 Å². The second kappa shape index (κ2) is 8.40. The third kappa shape index (κ3) is 3.92. The lowest BCUT2D eigenvalue weighted by atomic mass is 10.1. The van der Waals surface area contributed by atoms with Crippen LogP contribution in [0.4, 0.5) is 0 Å². The Labute approximate surface area is 185 Å². The summed E-state index contributed by atoms with van der Waals surface area (Å²) in [6.45, 7) is 12.1. The van der Waals surface area contributed by atoms with E-state index in [1.807, 2.05) is 6.08 Å². The third-order valence-electron chi connectivity index (χ3n) is 6.04. The molecule has 6 nitrogen and oxygen atoms in total. The van der Waals surface area contributed by atoms with E-state index in [2.05, 4.69) is 40.1 Å². The first kappa shape index (κ1) is 20.2. The second-order valence-electron chi connectivity index (χ2n) is 8.36. The Morgan fingerprint density at radius 2 is 1.93 bits per heavy atom. The zero-order chi connectivity index (χ0) is 20.7. The van der Waals surface area contributed by atoms with Gasteiger partial charge in [-0.25, -0.2) is 9.97 Å². The molecule has 0 N–H and O–H groups in total. The van der Waals surface area contributed by atoms with Gasteiger partial charge in [0.1, 0.15) is 21.5 Å². The van der Waals surface area contributed by atoms with Gasteiger partial charge in [0.2, 0.25) is 0 Å². The van der Waals surface area contributed by atoms with Crippen LogP contribution in [0.25, 0.3) is 10.2 Å². The SMILES string of the molecule is C=CCn1c(Sc2nc(CN3CCCCC3)nc3sc(C)c(C)c23)nnc1C1CC1. The fourth-order valence-corrected chi connectivity index (χ4v) is 6.27. The zero-order valence-corrected chi connectivity index (χ0v) is 19.4. The maximum absolute atomic E-state index is 5.05. The van der Waals surface area contributed by atoms with Gasteiger partial charge in [0.05, 0.1) is 6.54 Å². The molecule has 0 atom stereocenters. The smallest absolute Gasteiger partial charge is 0.197 e. The first-order valence-electron chi connectivity index (χ1n) is 10.8. The minimum absolute atomic E-state index is 0.553. The Kier molecular flexibility index (Phi) is 5.64. The first-order chi connectivity index (χ1) is 14.6. The highest BCUT2D eigenvalue weighted by Crippen LogP contribution is 2.42. The van der Waals surface area contributed by atoms with Crippen molar-refractivity contribution in [3.8, 4) is 0 Å². The van der Waals surface area contributed by atoms with Gasteiger partial charge in [0.25, 0.3) is 0 Å². The highest BCUT2D eigenvalue weighted by Gasteiger charge is 2.30. The summed E-state index contributed by atoms with van der Waals surface area (Å²) in [6, 6.07) is 0. The number of aromatic nitrogens is 5. The lowest BCUT2D eigenvalue weighted by Gasteiger charge is -2.25. The number of fused-ring (bicyclic) bond motifs is 1. The molecule has 1 aliphatic carbocycles.